The summed E-state index contributed by atoms with van der Waals surface area (Å²) in [6.07, 6.45) is 1.26. The van der Waals surface area contributed by atoms with Gasteiger partial charge in [-0.3, -0.25) is 10.1 Å². The minimum absolute atomic E-state index is 0.0158. The van der Waals surface area contributed by atoms with Gasteiger partial charge in [-0.2, -0.15) is 0 Å². The van der Waals surface area contributed by atoms with Crippen molar-refractivity contribution in [2.45, 2.75) is 27.2 Å². The number of benzene rings is 1. The molecule has 24 heavy (non-hydrogen) atoms. The first-order valence-corrected chi connectivity index (χ1v) is 8.67. The van der Waals surface area contributed by atoms with Crippen molar-refractivity contribution < 1.29 is 14.2 Å². The molecule has 1 aromatic carbocycles. The van der Waals surface area contributed by atoms with Crippen LogP contribution in [0.25, 0.3) is 11.3 Å². The molecule has 0 saturated carbocycles. The Kier molecular flexibility index (Phi) is 5.00. The van der Waals surface area contributed by atoms with Crippen molar-refractivity contribution in [3.05, 3.63) is 35.9 Å². The number of hydrogen-bond donors (Lipinski definition) is 2. The Morgan fingerprint density at radius 1 is 1.25 bits per heavy atom. The monoisotopic (exact) mass is 328 g/mol. The highest BCUT2D eigenvalue weighted by atomic mass is 16.5. The summed E-state index contributed by atoms with van der Waals surface area (Å²) in [5.74, 6) is 1.75. The van der Waals surface area contributed by atoms with E-state index >= 15 is 0 Å². The van der Waals surface area contributed by atoms with Crippen LogP contribution < -0.4 is 10.2 Å². The van der Waals surface area contributed by atoms with E-state index in [4.69, 9.17) is 4.52 Å². The van der Waals surface area contributed by atoms with Crippen LogP contribution in [0.15, 0.2) is 34.9 Å². The molecule has 2 atom stereocenters. The average molecular weight is 328 g/mol. The lowest BCUT2D eigenvalue weighted by Gasteiger charge is -2.31. The molecule has 5 heteroatoms. The number of anilines is 1. The molecule has 0 aliphatic carbocycles. The van der Waals surface area contributed by atoms with E-state index in [1.165, 1.54) is 16.9 Å². The van der Waals surface area contributed by atoms with Gasteiger partial charge in [0.2, 0.25) is 5.88 Å². The lowest BCUT2D eigenvalue weighted by molar-refractivity contribution is -0.904. The summed E-state index contributed by atoms with van der Waals surface area (Å²) in [4.78, 5) is 13.6. The second-order valence-corrected chi connectivity index (χ2v) is 7.27. The molecule has 0 unspecified atom stereocenters. The number of likely N-dealkylation sites (tertiary alicyclic amines) is 1. The molecule has 1 fully saturated rings. The van der Waals surface area contributed by atoms with Crippen LogP contribution >= 0.6 is 0 Å². The van der Waals surface area contributed by atoms with Crippen LogP contribution in [-0.2, 0) is 4.79 Å². The third kappa shape index (κ3) is 4.23. The molecule has 1 aliphatic heterocycles. The van der Waals surface area contributed by atoms with E-state index in [9.17, 15) is 4.79 Å². The van der Waals surface area contributed by atoms with Gasteiger partial charge in [0.05, 0.1) is 13.1 Å². The predicted molar refractivity (Wildman–Crippen MR) is 93.8 cm³/mol. The van der Waals surface area contributed by atoms with Crippen LogP contribution in [-0.4, -0.2) is 30.7 Å². The van der Waals surface area contributed by atoms with Crippen LogP contribution in [0.4, 0.5) is 5.88 Å². The minimum Gasteiger partial charge on any atom is -0.338 e. The van der Waals surface area contributed by atoms with Gasteiger partial charge in [0.1, 0.15) is 5.69 Å². The Labute approximate surface area is 143 Å². The van der Waals surface area contributed by atoms with Gasteiger partial charge in [-0.25, -0.2) is 0 Å². The molecular formula is C19H26N3O2+. The lowest BCUT2D eigenvalue weighted by Crippen LogP contribution is -3.15. The molecule has 5 nitrogen and oxygen atoms in total. The molecule has 0 radical (unpaired) electrons. The van der Waals surface area contributed by atoms with E-state index in [0.717, 1.165) is 24.3 Å². The molecule has 1 aromatic heterocycles. The molecule has 0 spiro atoms. The first-order chi connectivity index (χ1) is 11.5. The van der Waals surface area contributed by atoms with E-state index in [1.54, 1.807) is 6.07 Å². The van der Waals surface area contributed by atoms with E-state index in [2.05, 4.69) is 24.3 Å². The second-order valence-electron chi connectivity index (χ2n) is 7.27. The molecule has 1 saturated heterocycles. The number of hydrogen-bond acceptors (Lipinski definition) is 3. The number of carbonyl (C=O) groups excluding carboxylic acids is 1. The maximum atomic E-state index is 12.3. The molecule has 3 rings (SSSR count). The molecule has 2 heterocycles. The third-order valence-electron chi connectivity index (χ3n) is 4.61. The number of quaternary nitrogens is 1. The van der Waals surface area contributed by atoms with Crippen molar-refractivity contribution in [3.63, 3.8) is 0 Å². The van der Waals surface area contributed by atoms with Crippen LogP contribution in [0, 0.1) is 18.8 Å². The van der Waals surface area contributed by atoms with Gasteiger partial charge in [0.25, 0.3) is 5.91 Å². The molecule has 128 valence electrons. The van der Waals surface area contributed by atoms with Gasteiger partial charge in [-0.1, -0.05) is 48.8 Å². The highest BCUT2D eigenvalue weighted by molar-refractivity contribution is 5.90. The molecule has 0 bridgehead atoms. The number of carbonyl (C=O) groups is 1. The van der Waals surface area contributed by atoms with Gasteiger partial charge in [-0.15, -0.1) is 0 Å². The van der Waals surface area contributed by atoms with Crippen molar-refractivity contribution >= 4 is 11.8 Å². The Hall–Kier alpha value is -2.14. The summed E-state index contributed by atoms with van der Waals surface area (Å²) in [7, 11) is 0. The Morgan fingerprint density at radius 2 is 1.92 bits per heavy atom. The topological polar surface area (TPSA) is 59.6 Å². The van der Waals surface area contributed by atoms with Crippen LogP contribution in [0.5, 0.6) is 0 Å². The number of piperidine rings is 1. The third-order valence-corrected chi connectivity index (χ3v) is 4.61. The quantitative estimate of drug-likeness (QED) is 0.904. The first-order valence-electron chi connectivity index (χ1n) is 8.67. The minimum atomic E-state index is -0.0158. The smallest absolute Gasteiger partial charge is 0.281 e. The Morgan fingerprint density at radius 3 is 2.58 bits per heavy atom. The average Bonchev–Trinajstić information content (AvgIpc) is 2.95. The summed E-state index contributed by atoms with van der Waals surface area (Å²) < 4.78 is 5.26. The molecule has 1 aliphatic rings. The standard InChI is InChI=1S/C19H25N3O2/c1-13-4-6-16(7-5-13)17-9-19(24-21-17)20-18(23)12-22-10-14(2)8-15(3)11-22/h4-7,9,14-15H,8,10-12H2,1-3H3,(H,20,23)/p+1/t14-,15-/m0/s1. The SMILES string of the molecule is Cc1ccc(-c2cc(NC(=O)C[NH+]3C[C@@H](C)C[C@H](C)C3)on2)cc1. The largest absolute Gasteiger partial charge is 0.338 e. The first kappa shape index (κ1) is 16.7. The summed E-state index contributed by atoms with van der Waals surface area (Å²) in [6.45, 7) is 9.17. The Bertz CT molecular complexity index is 683. The number of nitrogens with one attached hydrogen (secondary N) is 2. The van der Waals surface area contributed by atoms with Gasteiger partial charge in [0.15, 0.2) is 6.54 Å². The zero-order valence-electron chi connectivity index (χ0n) is 14.6. The lowest BCUT2D eigenvalue weighted by atomic mass is 9.92. The van der Waals surface area contributed by atoms with Gasteiger partial charge in [0, 0.05) is 23.5 Å². The number of rotatable bonds is 4. The predicted octanol–water partition coefficient (Wildman–Crippen LogP) is 2.15. The fourth-order valence-corrected chi connectivity index (χ4v) is 3.67. The summed E-state index contributed by atoms with van der Waals surface area (Å²) in [6, 6.07) is 9.84. The second kappa shape index (κ2) is 7.18. The van der Waals surface area contributed by atoms with E-state index in [-0.39, 0.29) is 5.91 Å². The van der Waals surface area contributed by atoms with Crippen LogP contribution in [0.3, 0.4) is 0 Å². The van der Waals surface area contributed by atoms with Crippen molar-refractivity contribution in [1.29, 1.82) is 0 Å². The summed E-state index contributed by atoms with van der Waals surface area (Å²) in [5, 5.41) is 6.88. The summed E-state index contributed by atoms with van der Waals surface area (Å²) >= 11 is 0. The van der Waals surface area contributed by atoms with Crippen molar-refractivity contribution in [3.8, 4) is 11.3 Å². The van der Waals surface area contributed by atoms with E-state index in [0.29, 0.717) is 24.3 Å². The number of amides is 1. The maximum Gasteiger partial charge on any atom is 0.281 e. The zero-order chi connectivity index (χ0) is 17.1. The van der Waals surface area contributed by atoms with Crippen molar-refractivity contribution in [2.75, 3.05) is 25.0 Å². The highest BCUT2D eigenvalue weighted by Gasteiger charge is 2.27. The number of aromatic nitrogens is 1. The molecule has 2 N–H and O–H groups in total. The van der Waals surface area contributed by atoms with E-state index < -0.39 is 0 Å². The Balaban J connectivity index is 1.58. The van der Waals surface area contributed by atoms with Crippen molar-refractivity contribution in [1.82, 2.24) is 5.16 Å². The van der Waals surface area contributed by atoms with Crippen LogP contribution in [0.2, 0.25) is 0 Å². The van der Waals surface area contributed by atoms with Gasteiger partial charge in [-0.05, 0) is 13.3 Å². The maximum absolute atomic E-state index is 12.3. The molecular weight excluding hydrogens is 302 g/mol. The highest BCUT2D eigenvalue weighted by Crippen LogP contribution is 2.21. The number of nitrogens with zero attached hydrogens (tertiary/aromatic N) is 1. The van der Waals surface area contributed by atoms with Crippen LogP contribution in [0.1, 0.15) is 25.8 Å². The zero-order valence-corrected chi connectivity index (χ0v) is 14.6. The fraction of sp³-hybridized carbons (Fsp3) is 0.474. The van der Waals surface area contributed by atoms with Gasteiger partial charge < -0.3 is 9.42 Å². The normalized spacial score (nSPS) is 23.9. The molecule has 1 amide bonds. The molecule has 2 aromatic rings. The summed E-state index contributed by atoms with van der Waals surface area (Å²) in [5.41, 5.74) is 2.91. The van der Waals surface area contributed by atoms with E-state index in [1.807, 2.05) is 31.2 Å². The number of aryl methyl sites for hydroxylation is 1. The fourth-order valence-electron chi connectivity index (χ4n) is 3.67. The van der Waals surface area contributed by atoms with Gasteiger partial charge >= 0.3 is 0 Å². The van der Waals surface area contributed by atoms with Crippen molar-refractivity contribution in [2.24, 2.45) is 11.8 Å².